The maximum Gasteiger partial charge on any atom is 0.0653 e. The van der Waals surface area contributed by atoms with Gasteiger partial charge in [-0.15, -0.1) is 0 Å². The lowest BCUT2D eigenvalue weighted by molar-refractivity contribution is 0.542. The van der Waals surface area contributed by atoms with E-state index in [0.717, 1.165) is 31.7 Å². The fourth-order valence-electron chi connectivity index (χ4n) is 2.22. The van der Waals surface area contributed by atoms with Crippen LogP contribution in [0.3, 0.4) is 0 Å². The van der Waals surface area contributed by atoms with Crippen molar-refractivity contribution in [2.75, 3.05) is 0 Å². The molecule has 0 saturated carbocycles. The number of aromatic nitrogens is 4. The molecule has 0 radical (unpaired) electrons. The van der Waals surface area contributed by atoms with Crippen LogP contribution in [0, 0.1) is 0 Å². The Kier molecular flexibility index (Phi) is 4.95. The van der Waals surface area contributed by atoms with Crippen LogP contribution in [-0.4, -0.2) is 19.6 Å². The van der Waals surface area contributed by atoms with Crippen molar-refractivity contribution >= 4 is 0 Å². The van der Waals surface area contributed by atoms with Crippen LogP contribution in [-0.2, 0) is 26.7 Å². The second kappa shape index (κ2) is 6.70. The lowest BCUT2D eigenvalue weighted by atomic mass is 10.1. The van der Waals surface area contributed by atoms with E-state index in [0.29, 0.717) is 5.92 Å². The normalized spacial score (nSPS) is 11.4. The van der Waals surface area contributed by atoms with E-state index in [1.54, 1.807) is 0 Å². The Morgan fingerprint density at radius 2 is 2.00 bits per heavy atom. The second-order valence-electron chi connectivity index (χ2n) is 5.49. The Morgan fingerprint density at radius 3 is 2.65 bits per heavy atom. The molecule has 0 fully saturated rings. The first-order valence-electron chi connectivity index (χ1n) is 7.36. The molecule has 2 heterocycles. The molecule has 0 atom stereocenters. The summed E-state index contributed by atoms with van der Waals surface area (Å²) in [7, 11) is 2.00. The van der Waals surface area contributed by atoms with Gasteiger partial charge in [0.1, 0.15) is 0 Å². The molecule has 1 N–H and O–H groups in total. The van der Waals surface area contributed by atoms with E-state index < -0.39 is 0 Å². The highest BCUT2D eigenvalue weighted by Gasteiger charge is 2.08. The van der Waals surface area contributed by atoms with Crippen LogP contribution in [0.15, 0.2) is 18.3 Å². The van der Waals surface area contributed by atoms with Crippen molar-refractivity contribution in [1.82, 2.24) is 24.9 Å². The van der Waals surface area contributed by atoms with Gasteiger partial charge in [-0.3, -0.25) is 9.36 Å². The van der Waals surface area contributed by atoms with Gasteiger partial charge in [0.2, 0.25) is 0 Å². The first kappa shape index (κ1) is 14.8. The minimum absolute atomic E-state index is 0.473. The van der Waals surface area contributed by atoms with Crippen molar-refractivity contribution in [3.8, 4) is 0 Å². The number of nitrogens with one attached hydrogen (secondary N) is 1. The highest BCUT2D eigenvalue weighted by Crippen LogP contribution is 2.13. The van der Waals surface area contributed by atoms with Crippen LogP contribution >= 0.6 is 0 Å². The number of rotatable bonds is 7. The maximum absolute atomic E-state index is 4.53. The summed E-state index contributed by atoms with van der Waals surface area (Å²) in [5.74, 6) is 0.473. The Bertz CT molecular complexity index is 538. The number of nitrogens with zero attached hydrogens (tertiary/aromatic N) is 4. The molecule has 2 aromatic rings. The molecule has 0 aliphatic heterocycles. The third-order valence-corrected chi connectivity index (χ3v) is 3.44. The van der Waals surface area contributed by atoms with Crippen LogP contribution in [0.2, 0.25) is 0 Å². The fraction of sp³-hybridized carbons (Fsp3) is 0.600. The van der Waals surface area contributed by atoms with E-state index in [1.807, 2.05) is 17.9 Å². The maximum atomic E-state index is 4.53. The van der Waals surface area contributed by atoms with E-state index >= 15 is 0 Å². The molecule has 2 rings (SSSR count). The summed E-state index contributed by atoms with van der Waals surface area (Å²) in [6.07, 6.45) is 2.97. The zero-order valence-electron chi connectivity index (χ0n) is 12.9. The van der Waals surface area contributed by atoms with Crippen molar-refractivity contribution in [2.45, 2.75) is 52.7 Å². The molecule has 2 aromatic heterocycles. The molecule has 0 spiro atoms. The van der Waals surface area contributed by atoms with Crippen LogP contribution < -0.4 is 5.32 Å². The average molecular weight is 275 g/mol. The van der Waals surface area contributed by atoms with E-state index in [1.165, 1.54) is 11.4 Å². The van der Waals surface area contributed by atoms with Crippen LogP contribution in [0.5, 0.6) is 0 Å². The van der Waals surface area contributed by atoms with Gasteiger partial charge in [0.05, 0.1) is 17.1 Å². The van der Waals surface area contributed by atoms with Gasteiger partial charge in [-0.2, -0.15) is 10.2 Å². The summed E-state index contributed by atoms with van der Waals surface area (Å²) in [4.78, 5) is 0. The monoisotopic (exact) mass is 275 g/mol. The minimum Gasteiger partial charge on any atom is -0.306 e. The first-order valence-corrected chi connectivity index (χ1v) is 7.36. The third-order valence-electron chi connectivity index (χ3n) is 3.44. The van der Waals surface area contributed by atoms with E-state index in [-0.39, 0.29) is 0 Å². The zero-order chi connectivity index (χ0) is 14.5. The van der Waals surface area contributed by atoms with E-state index in [2.05, 4.69) is 53.1 Å². The molecule has 0 aliphatic rings. The molecule has 0 unspecified atom stereocenters. The van der Waals surface area contributed by atoms with Gasteiger partial charge in [0, 0.05) is 32.9 Å². The molecule has 0 aromatic carbocycles. The van der Waals surface area contributed by atoms with Gasteiger partial charge >= 0.3 is 0 Å². The highest BCUT2D eigenvalue weighted by molar-refractivity contribution is 5.13. The highest BCUT2D eigenvalue weighted by atomic mass is 15.3. The van der Waals surface area contributed by atoms with Crippen LogP contribution in [0.25, 0.3) is 0 Å². The average Bonchev–Trinajstić information content (AvgIpc) is 2.98. The number of hydrogen-bond donors (Lipinski definition) is 1. The molecular weight excluding hydrogens is 250 g/mol. The Balaban J connectivity index is 1.91. The Hall–Kier alpha value is -1.62. The number of aryl methyl sites for hydroxylation is 2. The topological polar surface area (TPSA) is 47.7 Å². The van der Waals surface area contributed by atoms with Crippen LogP contribution in [0.4, 0.5) is 0 Å². The molecule has 0 amide bonds. The first-order chi connectivity index (χ1) is 9.61. The van der Waals surface area contributed by atoms with Crippen molar-refractivity contribution in [2.24, 2.45) is 7.05 Å². The summed E-state index contributed by atoms with van der Waals surface area (Å²) >= 11 is 0. The summed E-state index contributed by atoms with van der Waals surface area (Å²) in [6.45, 7) is 9.15. The van der Waals surface area contributed by atoms with Crippen molar-refractivity contribution in [1.29, 1.82) is 0 Å². The predicted octanol–water partition coefficient (Wildman–Crippen LogP) is 2.44. The van der Waals surface area contributed by atoms with E-state index in [4.69, 9.17) is 0 Å². The van der Waals surface area contributed by atoms with Crippen molar-refractivity contribution in [3.05, 3.63) is 35.4 Å². The van der Waals surface area contributed by atoms with Gasteiger partial charge in [-0.05, 0) is 24.5 Å². The van der Waals surface area contributed by atoms with Gasteiger partial charge in [-0.25, -0.2) is 0 Å². The fourth-order valence-corrected chi connectivity index (χ4v) is 2.22. The number of hydrogen-bond acceptors (Lipinski definition) is 3. The largest absolute Gasteiger partial charge is 0.306 e. The molecule has 110 valence electrons. The molecule has 0 saturated heterocycles. The molecular formula is C15H25N5. The Labute approximate surface area is 121 Å². The molecule has 0 bridgehead atoms. The minimum atomic E-state index is 0.473. The third kappa shape index (κ3) is 3.48. The summed E-state index contributed by atoms with van der Waals surface area (Å²) < 4.78 is 4.03. The lowest BCUT2D eigenvalue weighted by Gasteiger charge is -2.07. The lowest BCUT2D eigenvalue weighted by Crippen LogP contribution is -2.18. The molecule has 5 heteroatoms. The SMILES string of the molecule is CCCn1nccc1CNCc1cc(C(C)C)nn1C. The molecule has 5 nitrogen and oxygen atoms in total. The molecule has 0 aliphatic carbocycles. The quantitative estimate of drug-likeness (QED) is 0.844. The zero-order valence-corrected chi connectivity index (χ0v) is 12.9. The molecule has 20 heavy (non-hydrogen) atoms. The van der Waals surface area contributed by atoms with Gasteiger partial charge in [0.15, 0.2) is 0 Å². The van der Waals surface area contributed by atoms with Crippen LogP contribution in [0.1, 0.15) is 50.2 Å². The van der Waals surface area contributed by atoms with Gasteiger partial charge in [-0.1, -0.05) is 20.8 Å². The van der Waals surface area contributed by atoms with E-state index in [9.17, 15) is 0 Å². The van der Waals surface area contributed by atoms with Crippen molar-refractivity contribution in [3.63, 3.8) is 0 Å². The smallest absolute Gasteiger partial charge is 0.0653 e. The predicted molar refractivity (Wildman–Crippen MR) is 80.4 cm³/mol. The summed E-state index contributed by atoms with van der Waals surface area (Å²) in [5.41, 5.74) is 3.61. The van der Waals surface area contributed by atoms with Crippen molar-refractivity contribution < 1.29 is 0 Å². The second-order valence-corrected chi connectivity index (χ2v) is 5.49. The summed E-state index contributed by atoms with van der Waals surface area (Å²) in [5, 5.41) is 12.3. The standard InChI is InChI=1S/C15H25N5/c1-5-8-20-13(6-7-17-20)10-16-11-14-9-15(12(2)3)18-19(14)4/h6-7,9,12,16H,5,8,10-11H2,1-4H3. The summed E-state index contributed by atoms with van der Waals surface area (Å²) in [6, 6.07) is 4.26. The van der Waals surface area contributed by atoms with Gasteiger partial charge < -0.3 is 5.32 Å². The Morgan fingerprint density at radius 1 is 1.25 bits per heavy atom. The van der Waals surface area contributed by atoms with Gasteiger partial charge in [0.25, 0.3) is 0 Å².